The van der Waals surface area contributed by atoms with Crippen molar-refractivity contribution in [1.82, 2.24) is 14.9 Å². The van der Waals surface area contributed by atoms with Crippen LogP contribution >= 0.6 is 9.24 Å². The molecule has 64 heavy (non-hydrogen) atoms. The number of fused-ring (bicyclic) bond motifs is 2. The summed E-state index contributed by atoms with van der Waals surface area (Å²) in [7, 11) is 6.26. The van der Waals surface area contributed by atoms with Gasteiger partial charge in [0.2, 0.25) is 5.92 Å². The Morgan fingerprint density at radius 2 is 1.86 bits per heavy atom. The molecule has 4 atom stereocenters. The third kappa shape index (κ3) is 12.3. The summed E-state index contributed by atoms with van der Waals surface area (Å²) >= 11 is 0. The highest BCUT2D eigenvalue weighted by molar-refractivity contribution is 7.17. The fourth-order valence-corrected chi connectivity index (χ4v) is 9.33. The van der Waals surface area contributed by atoms with E-state index < -0.39 is 18.4 Å². The molecular weight excluding hydrogens is 835 g/mol. The molecule has 2 aliphatic rings. The zero-order valence-electron chi connectivity index (χ0n) is 39.3. The van der Waals surface area contributed by atoms with Crippen LogP contribution in [0, 0.1) is 11.2 Å². The van der Waals surface area contributed by atoms with Crippen LogP contribution in [0.25, 0.3) is 28.0 Å². The number of nitrogens with zero attached hydrogens (tertiary/aromatic N) is 6. The van der Waals surface area contributed by atoms with Gasteiger partial charge in [0.15, 0.2) is 0 Å². The summed E-state index contributed by atoms with van der Waals surface area (Å²) in [5.74, 6) is -3.24. The molecule has 2 aromatic carbocycles. The molecule has 1 aromatic heterocycles. The average Bonchev–Trinajstić information content (AvgIpc) is 3.49. The Kier molecular flexibility index (Phi) is 17.2. The predicted octanol–water partition coefficient (Wildman–Crippen LogP) is 10.9. The minimum Gasteiger partial charge on any atom is -0.508 e. The number of unbranched alkanes of at least 4 members (excludes halogenated alkanes) is 2. The van der Waals surface area contributed by atoms with Crippen LogP contribution < -0.4 is 15.4 Å². The summed E-state index contributed by atoms with van der Waals surface area (Å²) < 4.78 is 52.1. The number of carbonyl (C=O) groups excluding carboxylic acids is 1. The first-order valence-electron chi connectivity index (χ1n) is 22.9. The Bertz CT molecular complexity index is 2320. The number of aromatic hydroxyl groups is 1. The third-order valence-electron chi connectivity index (χ3n) is 12.2. The molecular formula is C50H69F3N7O3P. The first-order valence-corrected chi connectivity index (χ1v) is 23.6. The van der Waals surface area contributed by atoms with Gasteiger partial charge in [-0.25, -0.2) is 13.2 Å². The summed E-state index contributed by atoms with van der Waals surface area (Å²) in [4.78, 5) is 36.6. The van der Waals surface area contributed by atoms with Crippen molar-refractivity contribution >= 4 is 60.4 Å². The minimum atomic E-state index is -3.00. The molecule has 3 aromatic rings. The lowest BCUT2D eigenvalue weighted by atomic mass is 9.80. The first kappa shape index (κ1) is 50.2. The lowest BCUT2D eigenvalue weighted by Gasteiger charge is -2.33. The number of aryl methyl sites for hydroxylation is 1. The molecule has 0 fully saturated rings. The Morgan fingerprint density at radius 1 is 1.11 bits per heavy atom. The van der Waals surface area contributed by atoms with Crippen molar-refractivity contribution in [3.8, 4) is 11.8 Å². The predicted molar refractivity (Wildman–Crippen MR) is 262 cm³/mol. The smallest absolute Gasteiger partial charge is 0.318 e. The second kappa shape index (κ2) is 21.9. The molecule has 1 aliphatic heterocycles. The highest BCUT2D eigenvalue weighted by atomic mass is 31.0. The molecule has 348 valence electrons. The molecule has 0 spiro atoms. The Balaban J connectivity index is 1.83. The number of anilines is 1. The number of likely N-dealkylation sites (N-methyl/N-ethyl adjacent to an activating group) is 1. The van der Waals surface area contributed by atoms with Gasteiger partial charge < -0.3 is 25.4 Å². The normalized spacial score (nSPS) is 18.0. The van der Waals surface area contributed by atoms with E-state index in [1.807, 2.05) is 32.9 Å². The van der Waals surface area contributed by atoms with Gasteiger partial charge in [-0.1, -0.05) is 66.0 Å². The molecule has 2 heterocycles. The lowest BCUT2D eigenvalue weighted by molar-refractivity contribution is -0.124. The summed E-state index contributed by atoms with van der Waals surface area (Å²) in [5, 5.41) is 12.4. The number of phenolic OH excluding ortho intramolecular Hbond substituents is 1. The zero-order chi connectivity index (χ0) is 46.9. The number of rotatable bonds is 19. The highest BCUT2D eigenvalue weighted by Gasteiger charge is 2.35. The summed E-state index contributed by atoms with van der Waals surface area (Å²) in [6.07, 6.45) is 12.4. The van der Waals surface area contributed by atoms with Crippen LogP contribution in [-0.4, -0.2) is 95.3 Å². The van der Waals surface area contributed by atoms with E-state index in [4.69, 9.17) is 30.4 Å². The number of carbonyl (C=O) groups is 1. The van der Waals surface area contributed by atoms with E-state index in [0.717, 1.165) is 45.4 Å². The maximum absolute atomic E-state index is 15.7. The molecule has 1 aliphatic carbocycles. The highest BCUT2D eigenvalue weighted by Crippen LogP contribution is 2.45. The molecule has 0 saturated carbocycles. The monoisotopic (exact) mass is 904 g/mol. The van der Waals surface area contributed by atoms with E-state index in [-0.39, 0.29) is 41.1 Å². The molecule has 0 saturated heterocycles. The Hall–Kier alpha value is -4.77. The number of benzene rings is 2. The molecule has 0 bridgehead atoms. The molecule has 5 rings (SSSR count). The van der Waals surface area contributed by atoms with Gasteiger partial charge in [-0.2, -0.15) is 9.97 Å². The summed E-state index contributed by atoms with van der Waals surface area (Å²) in [5.41, 5.74) is 10.7. The standard InChI is InChI=1S/C50H69F3N7O3P/c1-10-15-16-20-49(6,28-35(64)12-3)30-63-48-57-42-26-39(38-25-34(61)23-31-18-19-40(51)36(13-4)43(31)38)45(56-32(11-2)27-50(7,52)53)37(14-5)44(42)46(58-48)60-22-17-21-55-33(29-60)24-41(54)47(62)59(8)9/h14,18-19,23-26,32,35,61H,10-13,15-17,20-22,27-30,54,64H2,1-9H3/b37-14-,41-24-,56-45?. The number of halogens is 3. The van der Waals surface area contributed by atoms with E-state index in [9.17, 15) is 18.7 Å². The number of ether oxygens (including phenoxy) is 1. The van der Waals surface area contributed by atoms with Crippen LogP contribution in [0.15, 0.2) is 52.1 Å². The van der Waals surface area contributed by atoms with Crippen molar-refractivity contribution < 1.29 is 27.8 Å². The number of alkyl halides is 2. The topological polar surface area (TPSA) is 130 Å². The third-order valence-corrected chi connectivity index (χ3v) is 12.9. The van der Waals surface area contributed by atoms with Gasteiger partial charge >= 0.3 is 6.01 Å². The van der Waals surface area contributed by atoms with Gasteiger partial charge in [0.25, 0.3) is 5.91 Å². The van der Waals surface area contributed by atoms with Crippen LogP contribution in [0.4, 0.5) is 19.0 Å². The van der Waals surface area contributed by atoms with E-state index in [1.54, 1.807) is 38.4 Å². The maximum atomic E-state index is 15.7. The Labute approximate surface area is 380 Å². The number of amides is 1. The lowest BCUT2D eigenvalue weighted by Crippen LogP contribution is -2.34. The number of aliphatic imine (C=N–C) groups is 2. The zero-order valence-corrected chi connectivity index (χ0v) is 40.5. The fraction of sp³-hybridized carbons (Fsp3) is 0.540. The number of hydrogen-bond acceptors (Lipinski definition) is 9. The van der Waals surface area contributed by atoms with Gasteiger partial charge in [-0.05, 0) is 110 Å². The van der Waals surface area contributed by atoms with Crippen LogP contribution in [0.5, 0.6) is 11.8 Å². The maximum Gasteiger partial charge on any atom is 0.318 e. The van der Waals surface area contributed by atoms with Crippen molar-refractivity contribution in [2.45, 2.75) is 130 Å². The molecule has 4 unspecified atom stereocenters. The van der Waals surface area contributed by atoms with Crippen molar-refractivity contribution in [2.75, 3.05) is 45.2 Å². The van der Waals surface area contributed by atoms with E-state index in [1.165, 1.54) is 11.0 Å². The van der Waals surface area contributed by atoms with Crippen molar-refractivity contribution in [3.05, 3.63) is 70.3 Å². The van der Waals surface area contributed by atoms with Crippen LogP contribution in [0.1, 0.15) is 129 Å². The number of allylic oxidation sites excluding steroid dienone is 3. The average molecular weight is 904 g/mol. The van der Waals surface area contributed by atoms with Crippen LogP contribution in [-0.2, 0) is 11.2 Å². The largest absolute Gasteiger partial charge is 0.508 e. The van der Waals surface area contributed by atoms with Gasteiger partial charge in [0.1, 0.15) is 17.4 Å². The van der Waals surface area contributed by atoms with Crippen LogP contribution in [0.3, 0.4) is 0 Å². The van der Waals surface area contributed by atoms with E-state index in [2.05, 4.69) is 34.9 Å². The van der Waals surface area contributed by atoms with Crippen molar-refractivity contribution in [2.24, 2.45) is 21.1 Å². The quantitative estimate of drug-likeness (QED) is 0.0696. The number of nitrogens with two attached hydrogens (primary N) is 1. The first-order chi connectivity index (χ1) is 30.3. The van der Waals surface area contributed by atoms with Crippen LogP contribution in [0.2, 0.25) is 0 Å². The summed E-state index contributed by atoms with van der Waals surface area (Å²) in [6, 6.07) is 5.60. The molecule has 10 nitrogen and oxygen atoms in total. The van der Waals surface area contributed by atoms with Crippen molar-refractivity contribution in [3.63, 3.8) is 0 Å². The second-order valence-corrected chi connectivity index (χ2v) is 19.0. The second-order valence-electron chi connectivity index (χ2n) is 18.0. The van der Waals surface area contributed by atoms with Gasteiger partial charge in [-0.15, -0.1) is 9.24 Å². The molecule has 0 radical (unpaired) electrons. The van der Waals surface area contributed by atoms with Gasteiger partial charge in [0.05, 0.1) is 47.6 Å². The fourth-order valence-electron chi connectivity index (χ4n) is 8.76. The number of aromatic nitrogens is 2. The molecule has 1 amide bonds. The minimum absolute atomic E-state index is 0.0398. The Morgan fingerprint density at radius 3 is 2.50 bits per heavy atom. The molecule has 3 N–H and O–H groups in total. The van der Waals surface area contributed by atoms with E-state index in [0.29, 0.717) is 106 Å². The van der Waals surface area contributed by atoms with Crippen molar-refractivity contribution in [1.29, 1.82) is 0 Å². The van der Waals surface area contributed by atoms with Gasteiger partial charge in [-0.3, -0.25) is 14.8 Å². The summed E-state index contributed by atoms with van der Waals surface area (Å²) in [6.45, 7) is 14.7. The molecule has 14 heteroatoms. The number of hydrogen-bond donors (Lipinski definition) is 2. The van der Waals surface area contributed by atoms with E-state index >= 15 is 4.39 Å². The SMILES string of the molecule is C/C=C1\C(=NC(CC)CC(C)(F)F)C(c2cc(O)cc3ccc(F)c(CC)c23)=Cc2nc(OCC(C)(CCCCC)CC(P)CC)nc(N3CCCN=C(/C=C(\N)C(=O)N(C)C)C3)c21. The van der Waals surface area contributed by atoms with Gasteiger partial charge in [0, 0.05) is 50.2 Å². The number of phenols is 1.